The predicted molar refractivity (Wildman–Crippen MR) is 124 cm³/mol. The van der Waals surface area contributed by atoms with Crippen LogP contribution in [0.1, 0.15) is 48.1 Å². The molecule has 8 heteroatoms. The fraction of sp³-hybridized carbons (Fsp3) is 0.250. The van der Waals surface area contributed by atoms with E-state index in [4.69, 9.17) is 10.3 Å². The van der Waals surface area contributed by atoms with Crippen LogP contribution in [0.15, 0.2) is 41.1 Å². The van der Waals surface area contributed by atoms with Crippen LogP contribution in [0.25, 0.3) is 22.3 Å². The number of nitrogens with two attached hydrogens (primary N) is 1. The van der Waals surface area contributed by atoms with Gasteiger partial charge in [0.05, 0.1) is 22.6 Å². The number of anilines is 3. The van der Waals surface area contributed by atoms with Crippen LogP contribution < -0.4 is 11.1 Å². The molecule has 164 valence electrons. The summed E-state index contributed by atoms with van der Waals surface area (Å²) in [6.07, 6.45) is 1.32. The van der Waals surface area contributed by atoms with Crippen molar-refractivity contribution in [3.05, 3.63) is 59.1 Å². The smallest absolute Gasteiger partial charge is 0.339 e. The van der Waals surface area contributed by atoms with E-state index in [-0.39, 0.29) is 11.0 Å². The second kappa shape index (κ2) is 7.64. The molecule has 0 saturated carbocycles. The molecule has 8 nitrogen and oxygen atoms in total. The number of aromatic carboxylic acids is 1. The molecular weight excluding hydrogens is 406 g/mol. The predicted octanol–water partition coefficient (Wildman–Crippen LogP) is 5.22. The van der Waals surface area contributed by atoms with Gasteiger partial charge < -0.3 is 20.7 Å². The molecule has 32 heavy (non-hydrogen) atoms. The summed E-state index contributed by atoms with van der Waals surface area (Å²) in [5.74, 6) is -0.428. The summed E-state index contributed by atoms with van der Waals surface area (Å²) < 4.78 is 5.26. The van der Waals surface area contributed by atoms with E-state index in [1.807, 2.05) is 44.2 Å². The number of nitrogens with one attached hydrogen (secondary N) is 1. The maximum atomic E-state index is 12.0. The first-order valence-electron chi connectivity index (χ1n) is 10.2. The number of aryl methyl sites for hydroxylation is 2. The SMILES string of the molecule is Cc1noc(C)c1-c1ccc2c(Nc3cc(N)ccc3C(C)(C)C)c(C(=O)O)cnc2n1. The van der Waals surface area contributed by atoms with Gasteiger partial charge in [0.1, 0.15) is 11.3 Å². The third-order valence-corrected chi connectivity index (χ3v) is 5.36. The number of hydrogen-bond acceptors (Lipinski definition) is 7. The van der Waals surface area contributed by atoms with Gasteiger partial charge in [-0.25, -0.2) is 14.8 Å². The summed E-state index contributed by atoms with van der Waals surface area (Å²) in [6.45, 7) is 9.93. The van der Waals surface area contributed by atoms with Gasteiger partial charge in [-0.1, -0.05) is 32.0 Å². The van der Waals surface area contributed by atoms with Crippen LogP contribution in [0.2, 0.25) is 0 Å². The summed E-state index contributed by atoms with van der Waals surface area (Å²) in [5.41, 5.74) is 11.2. The molecule has 0 amide bonds. The van der Waals surface area contributed by atoms with Gasteiger partial charge in [-0.2, -0.15) is 0 Å². The average Bonchev–Trinajstić information content (AvgIpc) is 3.04. The van der Waals surface area contributed by atoms with Crippen molar-refractivity contribution in [1.82, 2.24) is 15.1 Å². The molecule has 0 bridgehead atoms. The number of carboxylic acids is 1. The van der Waals surface area contributed by atoms with Crippen molar-refractivity contribution >= 4 is 34.1 Å². The summed E-state index contributed by atoms with van der Waals surface area (Å²) >= 11 is 0. The number of fused-ring (bicyclic) bond motifs is 1. The van der Waals surface area contributed by atoms with Crippen molar-refractivity contribution in [3.8, 4) is 11.3 Å². The molecule has 4 N–H and O–H groups in total. The first-order chi connectivity index (χ1) is 15.1. The number of nitrogens with zero attached hydrogens (tertiary/aromatic N) is 3. The maximum Gasteiger partial charge on any atom is 0.339 e. The molecule has 0 aliphatic heterocycles. The van der Waals surface area contributed by atoms with Crippen molar-refractivity contribution in [1.29, 1.82) is 0 Å². The minimum absolute atomic E-state index is 0.0478. The Morgan fingerprint density at radius 1 is 1.16 bits per heavy atom. The molecule has 0 unspecified atom stereocenters. The highest BCUT2D eigenvalue weighted by Gasteiger charge is 2.22. The Morgan fingerprint density at radius 3 is 2.53 bits per heavy atom. The van der Waals surface area contributed by atoms with Crippen molar-refractivity contribution in [2.24, 2.45) is 0 Å². The van der Waals surface area contributed by atoms with Gasteiger partial charge in [0, 0.05) is 23.0 Å². The van der Waals surface area contributed by atoms with Gasteiger partial charge in [0.2, 0.25) is 0 Å². The lowest BCUT2D eigenvalue weighted by Gasteiger charge is -2.24. The largest absolute Gasteiger partial charge is 0.478 e. The number of pyridine rings is 2. The van der Waals surface area contributed by atoms with Gasteiger partial charge in [-0.15, -0.1) is 0 Å². The van der Waals surface area contributed by atoms with Gasteiger partial charge in [-0.3, -0.25) is 0 Å². The molecule has 3 heterocycles. The highest BCUT2D eigenvalue weighted by Crippen LogP contribution is 2.36. The number of aromatic nitrogens is 3. The first kappa shape index (κ1) is 21.3. The molecule has 0 saturated heterocycles. The molecule has 1 aromatic carbocycles. The molecule has 0 radical (unpaired) electrons. The highest BCUT2D eigenvalue weighted by atomic mass is 16.5. The highest BCUT2D eigenvalue weighted by molar-refractivity contribution is 6.05. The third kappa shape index (κ3) is 3.75. The third-order valence-electron chi connectivity index (χ3n) is 5.36. The molecule has 0 atom stereocenters. The molecule has 3 aromatic heterocycles. The number of benzene rings is 1. The Morgan fingerprint density at radius 2 is 1.91 bits per heavy atom. The molecule has 4 aromatic rings. The zero-order chi connectivity index (χ0) is 23.2. The van der Waals surface area contributed by atoms with Crippen LogP contribution in [0.3, 0.4) is 0 Å². The number of carbonyl (C=O) groups is 1. The number of hydrogen-bond donors (Lipinski definition) is 3. The number of nitrogen functional groups attached to an aromatic ring is 1. The van der Waals surface area contributed by atoms with Gasteiger partial charge in [0.15, 0.2) is 5.65 Å². The van der Waals surface area contributed by atoms with Crippen LogP contribution in [0, 0.1) is 13.8 Å². The van der Waals surface area contributed by atoms with E-state index in [1.165, 1.54) is 6.20 Å². The molecule has 4 rings (SSSR count). The zero-order valence-corrected chi connectivity index (χ0v) is 18.6. The Balaban J connectivity index is 1.92. The van der Waals surface area contributed by atoms with E-state index in [2.05, 4.69) is 41.2 Å². The Hall–Kier alpha value is -3.94. The summed E-state index contributed by atoms with van der Waals surface area (Å²) in [5, 5.41) is 17.7. The van der Waals surface area contributed by atoms with Crippen molar-refractivity contribution in [3.63, 3.8) is 0 Å². The quantitative estimate of drug-likeness (QED) is 0.375. The minimum Gasteiger partial charge on any atom is -0.478 e. The lowest BCUT2D eigenvalue weighted by Crippen LogP contribution is -2.15. The van der Waals surface area contributed by atoms with Gasteiger partial charge in [0.25, 0.3) is 0 Å². The Bertz CT molecular complexity index is 1330. The van der Waals surface area contributed by atoms with E-state index < -0.39 is 5.97 Å². The van der Waals surface area contributed by atoms with E-state index in [0.717, 1.165) is 22.5 Å². The number of rotatable bonds is 4. The monoisotopic (exact) mass is 431 g/mol. The van der Waals surface area contributed by atoms with Crippen LogP contribution in [0.5, 0.6) is 0 Å². The minimum atomic E-state index is -1.09. The molecule has 0 fully saturated rings. The van der Waals surface area contributed by atoms with Crippen LogP contribution >= 0.6 is 0 Å². The standard InChI is InChI=1S/C24H25N5O3/c1-12-20(13(2)32-29-12)18-9-7-15-21(16(23(30)31)11-26-22(15)28-18)27-19-10-14(25)6-8-17(19)24(3,4)5/h6-11H,25H2,1-5H3,(H,30,31)(H,26,27,28). The lowest BCUT2D eigenvalue weighted by molar-refractivity contribution is 0.0697. The second-order valence-electron chi connectivity index (χ2n) is 8.80. The van der Waals surface area contributed by atoms with Crippen molar-refractivity contribution < 1.29 is 14.4 Å². The second-order valence-corrected chi connectivity index (χ2v) is 8.80. The Kier molecular flexibility index (Phi) is 5.08. The van der Waals surface area contributed by atoms with Gasteiger partial charge in [-0.05, 0) is 49.1 Å². The van der Waals surface area contributed by atoms with E-state index >= 15 is 0 Å². The maximum absolute atomic E-state index is 12.0. The lowest BCUT2D eigenvalue weighted by atomic mass is 9.85. The Labute approximate surface area is 185 Å². The summed E-state index contributed by atoms with van der Waals surface area (Å²) in [4.78, 5) is 21.0. The topological polar surface area (TPSA) is 127 Å². The molecular formula is C24H25N5O3. The average molecular weight is 431 g/mol. The number of carboxylic acid groups (broad SMARTS) is 1. The van der Waals surface area contributed by atoms with Gasteiger partial charge >= 0.3 is 5.97 Å². The van der Waals surface area contributed by atoms with Crippen molar-refractivity contribution in [2.45, 2.75) is 40.0 Å². The van der Waals surface area contributed by atoms with Crippen LogP contribution in [-0.4, -0.2) is 26.2 Å². The molecule has 0 aliphatic carbocycles. The van der Waals surface area contributed by atoms with Crippen LogP contribution in [0.4, 0.5) is 17.1 Å². The van der Waals surface area contributed by atoms with E-state index in [1.54, 1.807) is 0 Å². The fourth-order valence-corrected chi connectivity index (χ4v) is 3.82. The summed E-state index contributed by atoms with van der Waals surface area (Å²) in [6, 6.07) is 9.23. The first-order valence-corrected chi connectivity index (χ1v) is 10.2. The molecule has 0 aliphatic rings. The summed E-state index contributed by atoms with van der Waals surface area (Å²) in [7, 11) is 0. The normalized spacial score (nSPS) is 11.7. The fourth-order valence-electron chi connectivity index (χ4n) is 3.82. The van der Waals surface area contributed by atoms with E-state index in [0.29, 0.717) is 33.9 Å². The molecule has 0 spiro atoms. The zero-order valence-electron chi connectivity index (χ0n) is 18.6. The van der Waals surface area contributed by atoms with E-state index in [9.17, 15) is 9.90 Å². The van der Waals surface area contributed by atoms with Crippen molar-refractivity contribution in [2.75, 3.05) is 11.1 Å². The van der Waals surface area contributed by atoms with Crippen LogP contribution in [-0.2, 0) is 5.41 Å².